The molecule has 2 fully saturated rings. The highest BCUT2D eigenvalue weighted by atomic mass is 32.2. The zero-order chi connectivity index (χ0) is 13.2. The van der Waals surface area contributed by atoms with E-state index in [1.54, 1.807) is 4.31 Å². The minimum absolute atomic E-state index is 0.154. The quantitative estimate of drug-likeness (QED) is 0.805. The van der Waals surface area contributed by atoms with Crippen LogP contribution in [0.4, 0.5) is 0 Å². The molecule has 1 unspecified atom stereocenters. The Labute approximate surface area is 110 Å². The van der Waals surface area contributed by atoms with Gasteiger partial charge in [-0.15, -0.1) is 0 Å². The number of sulfonamides is 1. The Hall–Kier alpha value is -0.430. The summed E-state index contributed by atoms with van der Waals surface area (Å²) in [6, 6.07) is 0.424. The standard InChI is InChI=1S/C12H23N3O2S/c1-14-7-2-3-12(14)6-10-18(16,17)15-8-4-11(13)5-9-15/h6,10-12H,2-5,7-9,13H2,1H3/b10-6+. The van der Waals surface area contributed by atoms with Gasteiger partial charge in [-0.25, -0.2) is 8.42 Å². The van der Waals surface area contributed by atoms with E-state index in [0.717, 1.165) is 32.2 Å². The number of nitrogens with two attached hydrogens (primary N) is 1. The van der Waals surface area contributed by atoms with E-state index in [-0.39, 0.29) is 12.1 Å². The van der Waals surface area contributed by atoms with Crippen molar-refractivity contribution < 1.29 is 8.42 Å². The lowest BCUT2D eigenvalue weighted by molar-refractivity contribution is 0.322. The Morgan fingerprint density at radius 1 is 1.17 bits per heavy atom. The maximum Gasteiger partial charge on any atom is 0.235 e. The van der Waals surface area contributed by atoms with Crippen molar-refractivity contribution in [1.82, 2.24) is 9.21 Å². The van der Waals surface area contributed by atoms with Crippen molar-refractivity contribution >= 4 is 10.0 Å². The third-order valence-electron chi connectivity index (χ3n) is 3.91. The number of hydrogen-bond donors (Lipinski definition) is 1. The molecule has 0 aromatic rings. The molecule has 0 amide bonds. The summed E-state index contributed by atoms with van der Waals surface area (Å²) in [4.78, 5) is 2.19. The lowest BCUT2D eigenvalue weighted by atomic mass is 10.1. The first-order valence-corrected chi connectivity index (χ1v) is 8.13. The number of hydrogen-bond acceptors (Lipinski definition) is 4. The summed E-state index contributed by atoms with van der Waals surface area (Å²) < 4.78 is 25.8. The minimum Gasteiger partial charge on any atom is -0.328 e. The normalized spacial score (nSPS) is 29.3. The molecule has 1 atom stereocenters. The monoisotopic (exact) mass is 273 g/mol. The van der Waals surface area contributed by atoms with Gasteiger partial charge in [0.2, 0.25) is 10.0 Å². The van der Waals surface area contributed by atoms with Crippen LogP contribution in [0.3, 0.4) is 0 Å². The average molecular weight is 273 g/mol. The van der Waals surface area contributed by atoms with Crippen molar-refractivity contribution in [3.05, 3.63) is 11.5 Å². The lowest BCUT2D eigenvalue weighted by Gasteiger charge is -2.28. The summed E-state index contributed by atoms with van der Waals surface area (Å²) in [6.07, 6.45) is 5.54. The minimum atomic E-state index is -3.25. The van der Waals surface area contributed by atoms with E-state index in [9.17, 15) is 8.42 Å². The van der Waals surface area contributed by atoms with Gasteiger partial charge in [0.15, 0.2) is 0 Å². The van der Waals surface area contributed by atoms with Crippen LogP contribution in [0.15, 0.2) is 11.5 Å². The number of piperidine rings is 1. The molecule has 2 N–H and O–H groups in total. The molecular weight excluding hydrogens is 250 g/mol. The molecular formula is C12H23N3O2S. The molecule has 0 radical (unpaired) electrons. The molecule has 2 saturated heterocycles. The molecule has 5 nitrogen and oxygen atoms in total. The maximum absolute atomic E-state index is 12.1. The molecule has 104 valence electrons. The summed E-state index contributed by atoms with van der Waals surface area (Å²) >= 11 is 0. The van der Waals surface area contributed by atoms with Gasteiger partial charge in [-0.3, -0.25) is 4.90 Å². The van der Waals surface area contributed by atoms with Crippen LogP contribution < -0.4 is 5.73 Å². The molecule has 2 aliphatic heterocycles. The molecule has 18 heavy (non-hydrogen) atoms. The van der Waals surface area contributed by atoms with Gasteiger partial charge in [-0.1, -0.05) is 6.08 Å². The predicted octanol–water partition coefficient (Wildman–Crippen LogP) is 0.347. The van der Waals surface area contributed by atoms with Crippen LogP contribution >= 0.6 is 0 Å². The molecule has 2 aliphatic rings. The second kappa shape index (κ2) is 5.69. The highest BCUT2D eigenvalue weighted by molar-refractivity contribution is 7.92. The van der Waals surface area contributed by atoms with Gasteiger partial charge in [-0.05, 0) is 39.3 Å². The fourth-order valence-corrected chi connectivity index (χ4v) is 3.86. The van der Waals surface area contributed by atoms with Crippen molar-refractivity contribution in [3.8, 4) is 0 Å². The Balaban J connectivity index is 1.96. The molecule has 0 saturated carbocycles. The maximum atomic E-state index is 12.1. The van der Waals surface area contributed by atoms with E-state index in [4.69, 9.17) is 5.73 Å². The summed E-state index contributed by atoms with van der Waals surface area (Å²) in [5, 5.41) is 1.39. The number of nitrogens with zero attached hydrogens (tertiary/aromatic N) is 2. The van der Waals surface area contributed by atoms with E-state index in [2.05, 4.69) is 4.90 Å². The van der Waals surface area contributed by atoms with Crippen molar-refractivity contribution in [3.63, 3.8) is 0 Å². The first-order chi connectivity index (χ1) is 8.49. The van der Waals surface area contributed by atoms with Gasteiger partial charge in [-0.2, -0.15) is 4.31 Å². The van der Waals surface area contributed by atoms with Crippen LogP contribution in [0.2, 0.25) is 0 Å². The van der Waals surface area contributed by atoms with Gasteiger partial charge in [0.1, 0.15) is 0 Å². The van der Waals surface area contributed by atoms with Gasteiger partial charge in [0.25, 0.3) is 0 Å². The largest absolute Gasteiger partial charge is 0.328 e. The van der Waals surface area contributed by atoms with Crippen molar-refractivity contribution in [2.24, 2.45) is 5.73 Å². The molecule has 0 bridgehead atoms. The van der Waals surface area contributed by atoms with Crippen LogP contribution in [-0.2, 0) is 10.0 Å². The number of rotatable bonds is 3. The van der Waals surface area contributed by atoms with Crippen LogP contribution in [0.1, 0.15) is 25.7 Å². The van der Waals surface area contributed by atoms with Gasteiger partial charge >= 0.3 is 0 Å². The van der Waals surface area contributed by atoms with Gasteiger partial charge in [0.05, 0.1) is 0 Å². The Kier molecular flexibility index (Phi) is 4.42. The average Bonchev–Trinajstić information content (AvgIpc) is 2.73. The Morgan fingerprint density at radius 3 is 2.39 bits per heavy atom. The predicted molar refractivity (Wildman–Crippen MR) is 72.5 cm³/mol. The van der Waals surface area contributed by atoms with E-state index in [1.807, 2.05) is 13.1 Å². The van der Waals surface area contributed by atoms with Crippen LogP contribution in [0.5, 0.6) is 0 Å². The molecule has 2 heterocycles. The van der Waals surface area contributed by atoms with Gasteiger partial charge in [0, 0.05) is 30.6 Å². The fraction of sp³-hybridized carbons (Fsp3) is 0.833. The fourth-order valence-electron chi connectivity index (χ4n) is 2.59. The van der Waals surface area contributed by atoms with Crippen molar-refractivity contribution in [2.45, 2.75) is 37.8 Å². The summed E-state index contributed by atoms with van der Waals surface area (Å²) in [5.74, 6) is 0. The number of likely N-dealkylation sites (tertiary alicyclic amines) is 1. The van der Waals surface area contributed by atoms with Gasteiger partial charge < -0.3 is 5.73 Å². The smallest absolute Gasteiger partial charge is 0.235 e. The third kappa shape index (κ3) is 3.32. The van der Waals surface area contributed by atoms with Crippen molar-refractivity contribution in [1.29, 1.82) is 0 Å². The Bertz CT molecular complexity index is 400. The van der Waals surface area contributed by atoms with E-state index < -0.39 is 10.0 Å². The molecule has 6 heteroatoms. The zero-order valence-corrected chi connectivity index (χ0v) is 11.8. The van der Waals surface area contributed by atoms with Crippen LogP contribution in [-0.4, -0.2) is 56.4 Å². The SMILES string of the molecule is CN1CCCC1/C=C/S(=O)(=O)N1CCC(N)CC1. The molecule has 0 aromatic carbocycles. The molecule has 0 spiro atoms. The molecule has 0 aliphatic carbocycles. The Morgan fingerprint density at radius 2 is 1.83 bits per heavy atom. The van der Waals surface area contributed by atoms with Crippen LogP contribution in [0, 0.1) is 0 Å². The molecule has 2 rings (SSSR count). The molecule has 0 aromatic heterocycles. The van der Waals surface area contributed by atoms with Crippen molar-refractivity contribution in [2.75, 3.05) is 26.7 Å². The summed E-state index contributed by atoms with van der Waals surface area (Å²) in [5.41, 5.74) is 5.79. The van der Waals surface area contributed by atoms with E-state index >= 15 is 0 Å². The zero-order valence-electron chi connectivity index (χ0n) is 11.0. The first-order valence-electron chi connectivity index (χ1n) is 6.63. The van der Waals surface area contributed by atoms with Crippen LogP contribution in [0.25, 0.3) is 0 Å². The van der Waals surface area contributed by atoms with E-state index in [0.29, 0.717) is 13.1 Å². The second-order valence-corrected chi connectivity index (χ2v) is 7.12. The second-order valence-electron chi connectivity index (χ2n) is 5.30. The summed E-state index contributed by atoms with van der Waals surface area (Å²) in [6.45, 7) is 2.15. The highest BCUT2D eigenvalue weighted by Gasteiger charge is 2.25. The number of likely N-dealkylation sites (N-methyl/N-ethyl adjacent to an activating group) is 1. The summed E-state index contributed by atoms with van der Waals surface area (Å²) in [7, 11) is -1.21. The third-order valence-corrected chi connectivity index (χ3v) is 5.49. The first kappa shape index (κ1) is 14.0. The topological polar surface area (TPSA) is 66.6 Å². The lowest BCUT2D eigenvalue weighted by Crippen LogP contribution is -2.42. The highest BCUT2D eigenvalue weighted by Crippen LogP contribution is 2.18. The van der Waals surface area contributed by atoms with E-state index in [1.165, 1.54) is 5.41 Å².